The molecule has 0 atom stereocenters. The Bertz CT molecular complexity index is 493. The summed E-state index contributed by atoms with van der Waals surface area (Å²) in [6.45, 7) is 5.77. The van der Waals surface area contributed by atoms with Gasteiger partial charge in [0.2, 0.25) is 0 Å². The molecule has 0 saturated heterocycles. The van der Waals surface area contributed by atoms with Crippen molar-refractivity contribution in [3.63, 3.8) is 0 Å². The Hall–Kier alpha value is -1.27. The Morgan fingerprint density at radius 3 is 2.60 bits per heavy atom. The Morgan fingerprint density at radius 1 is 1.40 bits per heavy atom. The third-order valence-electron chi connectivity index (χ3n) is 2.23. The molecule has 1 amide bonds. The zero-order chi connectivity index (χ0) is 15.3. The van der Waals surface area contributed by atoms with E-state index in [1.807, 2.05) is 0 Å². The number of nitrogens with one attached hydrogen (secondary N) is 1. The van der Waals surface area contributed by atoms with Crippen molar-refractivity contribution < 1.29 is 19.1 Å². The van der Waals surface area contributed by atoms with Crippen LogP contribution in [0.15, 0.2) is 5.38 Å². The van der Waals surface area contributed by atoms with Gasteiger partial charge >= 0.3 is 12.1 Å². The van der Waals surface area contributed by atoms with Crippen molar-refractivity contribution in [1.82, 2.24) is 5.32 Å². The monoisotopic (exact) mass is 319 g/mol. The molecule has 0 aromatic carbocycles. The van der Waals surface area contributed by atoms with E-state index in [-0.39, 0.29) is 0 Å². The summed E-state index contributed by atoms with van der Waals surface area (Å²) in [4.78, 5) is 23.2. The lowest BCUT2D eigenvalue weighted by molar-refractivity contribution is 0.0527. The normalized spacial score (nSPS) is 11.1. The number of hydrogen-bond acceptors (Lipinski definition) is 5. The van der Waals surface area contributed by atoms with E-state index in [1.54, 1.807) is 26.2 Å². The van der Waals surface area contributed by atoms with Crippen molar-refractivity contribution in [1.29, 1.82) is 0 Å². The first-order valence-corrected chi connectivity index (χ1v) is 7.31. The van der Waals surface area contributed by atoms with Crippen LogP contribution >= 0.6 is 22.9 Å². The Labute approximate surface area is 127 Å². The standard InChI is InChI=1S/C13H18ClNO4S/c1-13(2,3)19-12(17)15-6-5-8-7-20-10(9(8)14)11(16)18-4/h7H,5-6H2,1-4H3,(H,15,17). The van der Waals surface area contributed by atoms with E-state index in [1.165, 1.54) is 18.4 Å². The number of ether oxygens (including phenoxy) is 2. The van der Waals surface area contributed by atoms with Crippen molar-refractivity contribution in [3.05, 3.63) is 20.8 Å². The van der Waals surface area contributed by atoms with Crippen molar-refractivity contribution >= 4 is 35.0 Å². The maximum Gasteiger partial charge on any atom is 0.407 e. The number of thiophene rings is 1. The number of alkyl carbamates (subject to hydrolysis) is 1. The first kappa shape index (κ1) is 16.8. The van der Waals surface area contributed by atoms with Gasteiger partial charge < -0.3 is 14.8 Å². The fourth-order valence-corrected chi connectivity index (χ4v) is 2.73. The van der Waals surface area contributed by atoms with Gasteiger partial charge in [-0.15, -0.1) is 11.3 Å². The van der Waals surface area contributed by atoms with Crippen LogP contribution in [0, 0.1) is 0 Å². The van der Waals surface area contributed by atoms with Crippen molar-refractivity contribution in [3.8, 4) is 0 Å². The molecule has 1 aromatic heterocycles. The molecule has 0 aliphatic carbocycles. The van der Waals surface area contributed by atoms with Crippen LogP contribution in [0.25, 0.3) is 0 Å². The lowest BCUT2D eigenvalue weighted by atomic mass is 10.2. The van der Waals surface area contributed by atoms with Crippen molar-refractivity contribution in [2.24, 2.45) is 0 Å². The molecule has 0 saturated carbocycles. The molecule has 1 N–H and O–H groups in total. The summed E-state index contributed by atoms with van der Waals surface area (Å²) >= 11 is 7.31. The SMILES string of the molecule is COC(=O)c1scc(CCNC(=O)OC(C)(C)C)c1Cl. The highest BCUT2D eigenvalue weighted by molar-refractivity contribution is 7.12. The van der Waals surface area contributed by atoms with Gasteiger partial charge in [-0.05, 0) is 38.1 Å². The molecule has 20 heavy (non-hydrogen) atoms. The van der Waals surface area contributed by atoms with Crippen LogP contribution in [-0.2, 0) is 15.9 Å². The van der Waals surface area contributed by atoms with E-state index in [0.717, 1.165) is 5.56 Å². The minimum atomic E-state index is -0.526. The zero-order valence-electron chi connectivity index (χ0n) is 11.9. The van der Waals surface area contributed by atoms with Gasteiger partial charge in [0, 0.05) is 6.54 Å². The third-order valence-corrected chi connectivity index (χ3v) is 3.79. The molecule has 1 heterocycles. The molecule has 112 valence electrons. The van der Waals surface area contributed by atoms with E-state index in [0.29, 0.717) is 22.9 Å². The first-order valence-electron chi connectivity index (χ1n) is 6.05. The number of methoxy groups -OCH3 is 1. The van der Waals surface area contributed by atoms with Crippen LogP contribution in [0.1, 0.15) is 36.0 Å². The van der Waals surface area contributed by atoms with Gasteiger partial charge in [-0.3, -0.25) is 0 Å². The Balaban J connectivity index is 2.49. The van der Waals surface area contributed by atoms with Crippen LogP contribution in [0.5, 0.6) is 0 Å². The number of rotatable bonds is 4. The molecule has 0 unspecified atom stereocenters. The van der Waals surface area contributed by atoms with Crippen LogP contribution in [-0.4, -0.2) is 31.3 Å². The average molecular weight is 320 g/mol. The smallest absolute Gasteiger partial charge is 0.407 e. The summed E-state index contributed by atoms with van der Waals surface area (Å²) in [7, 11) is 1.31. The fourth-order valence-electron chi connectivity index (χ4n) is 1.39. The summed E-state index contributed by atoms with van der Waals surface area (Å²) in [6, 6.07) is 0. The van der Waals surface area contributed by atoms with Gasteiger partial charge in [0.05, 0.1) is 12.1 Å². The highest BCUT2D eigenvalue weighted by Gasteiger charge is 2.18. The predicted octanol–water partition coefficient (Wildman–Crippen LogP) is 3.26. The fraction of sp³-hybridized carbons (Fsp3) is 0.538. The second-order valence-electron chi connectivity index (χ2n) is 5.07. The molecule has 0 aliphatic rings. The van der Waals surface area contributed by atoms with Gasteiger partial charge in [0.1, 0.15) is 10.5 Å². The largest absolute Gasteiger partial charge is 0.465 e. The van der Waals surface area contributed by atoms with Gasteiger partial charge in [-0.2, -0.15) is 0 Å². The quantitative estimate of drug-likeness (QED) is 0.865. The molecular weight excluding hydrogens is 302 g/mol. The predicted molar refractivity (Wildman–Crippen MR) is 78.6 cm³/mol. The van der Waals surface area contributed by atoms with Gasteiger partial charge in [-0.25, -0.2) is 9.59 Å². The van der Waals surface area contributed by atoms with Crippen LogP contribution < -0.4 is 5.32 Å². The van der Waals surface area contributed by atoms with Crippen LogP contribution in [0.2, 0.25) is 5.02 Å². The molecule has 1 aromatic rings. The molecule has 7 heteroatoms. The molecule has 0 spiro atoms. The molecule has 1 rings (SSSR count). The molecule has 5 nitrogen and oxygen atoms in total. The molecule has 0 aliphatic heterocycles. The highest BCUT2D eigenvalue weighted by atomic mass is 35.5. The summed E-state index contributed by atoms with van der Waals surface area (Å²) in [5.74, 6) is -0.452. The van der Waals surface area contributed by atoms with Crippen LogP contribution in [0.3, 0.4) is 0 Å². The van der Waals surface area contributed by atoms with Gasteiger partial charge in [0.15, 0.2) is 0 Å². The van der Waals surface area contributed by atoms with E-state index in [2.05, 4.69) is 10.1 Å². The number of amides is 1. The first-order chi connectivity index (χ1) is 9.24. The maximum atomic E-state index is 11.5. The van der Waals surface area contributed by atoms with Gasteiger partial charge in [0.25, 0.3) is 0 Å². The highest BCUT2D eigenvalue weighted by Crippen LogP contribution is 2.28. The number of hydrogen-bond donors (Lipinski definition) is 1. The minimum Gasteiger partial charge on any atom is -0.465 e. The topological polar surface area (TPSA) is 64.6 Å². The second kappa shape index (κ2) is 6.95. The van der Waals surface area contributed by atoms with Crippen molar-refractivity contribution in [2.45, 2.75) is 32.8 Å². The Morgan fingerprint density at radius 2 is 2.05 bits per heavy atom. The Kier molecular flexibility index (Phi) is 5.83. The number of carbonyl (C=O) groups is 2. The van der Waals surface area contributed by atoms with E-state index in [9.17, 15) is 9.59 Å². The lowest BCUT2D eigenvalue weighted by Crippen LogP contribution is -2.33. The maximum absolute atomic E-state index is 11.5. The van der Waals surface area contributed by atoms with Gasteiger partial charge in [-0.1, -0.05) is 11.6 Å². The zero-order valence-corrected chi connectivity index (χ0v) is 13.5. The van der Waals surface area contributed by atoms with E-state index >= 15 is 0 Å². The third kappa shape index (κ3) is 5.02. The summed E-state index contributed by atoms with van der Waals surface area (Å²) in [5, 5.41) is 4.80. The van der Waals surface area contributed by atoms with E-state index < -0.39 is 17.7 Å². The average Bonchev–Trinajstić information content (AvgIpc) is 2.68. The number of halogens is 1. The van der Waals surface area contributed by atoms with Crippen LogP contribution in [0.4, 0.5) is 4.79 Å². The molecule has 0 fully saturated rings. The van der Waals surface area contributed by atoms with E-state index in [4.69, 9.17) is 16.3 Å². The molecular formula is C13H18ClNO4S. The minimum absolute atomic E-state index is 0.376. The second-order valence-corrected chi connectivity index (χ2v) is 6.33. The summed E-state index contributed by atoms with van der Waals surface area (Å²) < 4.78 is 9.74. The molecule has 0 radical (unpaired) electrons. The summed E-state index contributed by atoms with van der Waals surface area (Å²) in [5.41, 5.74) is 0.274. The summed E-state index contributed by atoms with van der Waals surface area (Å²) in [6.07, 6.45) is 0.0445. The number of carbonyl (C=O) groups excluding carboxylic acids is 2. The van der Waals surface area contributed by atoms with Crippen molar-refractivity contribution in [2.75, 3.05) is 13.7 Å². The lowest BCUT2D eigenvalue weighted by Gasteiger charge is -2.19. The number of esters is 1. The molecule has 0 bridgehead atoms.